The number of rotatable bonds is 8. The van der Waals surface area contributed by atoms with Crippen molar-refractivity contribution in [1.29, 1.82) is 0 Å². The predicted octanol–water partition coefficient (Wildman–Crippen LogP) is 4.41. The van der Waals surface area contributed by atoms with Crippen LogP contribution in [0.1, 0.15) is 30.3 Å². The van der Waals surface area contributed by atoms with E-state index in [9.17, 15) is 4.79 Å². The van der Waals surface area contributed by atoms with E-state index in [1.54, 1.807) is 4.57 Å². The summed E-state index contributed by atoms with van der Waals surface area (Å²) in [5.41, 5.74) is 4.87. The van der Waals surface area contributed by atoms with Gasteiger partial charge in [-0.15, -0.1) is 15.3 Å². The molecule has 0 spiro atoms. The van der Waals surface area contributed by atoms with E-state index in [-0.39, 0.29) is 5.69 Å². The first kappa shape index (κ1) is 22.2. The van der Waals surface area contributed by atoms with Crippen LogP contribution in [0.5, 0.6) is 0 Å². The van der Waals surface area contributed by atoms with Gasteiger partial charge in [0.25, 0.3) is 0 Å². The van der Waals surface area contributed by atoms with E-state index in [1.165, 1.54) is 4.68 Å². The lowest BCUT2D eigenvalue weighted by molar-refractivity contribution is 0.637. The van der Waals surface area contributed by atoms with Crippen LogP contribution < -0.4 is 5.69 Å². The summed E-state index contributed by atoms with van der Waals surface area (Å²) in [6.45, 7) is 2.93. The van der Waals surface area contributed by atoms with E-state index < -0.39 is 0 Å². The zero-order valence-corrected chi connectivity index (χ0v) is 19.4. The molecule has 2 aromatic heterocycles. The molecule has 5 rings (SSSR count). The number of nitrogens with zero attached hydrogens (tertiary/aromatic N) is 6. The van der Waals surface area contributed by atoms with Crippen molar-refractivity contribution in [2.24, 2.45) is 0 Å². The van der Waals surface area contributed by atoms with Gasteiger partial charge in [0, 0.05) is 5.56 Å². The molecule has 0 aliphatic carbocycles. The van der Waals surface area contributed by atoms with Gasteiger partial charge in [-0.05, 0) is 40.0 Å². The molecule has 0 bridgehead atoms. The van der Waals surface area contributed by atoms with E-state index in [0.29, 0.717) is 24.7 Å². The molecule has 5 aromatic rings. The van der Waals surface area contributed by atoms with Gasteiger partial charge in [-0.3, -0.25) is 4.57 Å². The third kappa shape index (κ3) is 4.86. The molecule has 0 aliphatic rings. The number of aromatic nitrogens is 7. The van der Waals surface area contributed by atoms with Crippen molar-refractivity contribution in [1.82, 2.24) is 35.0 Å². The van der Waals surface area contributed by atoms with Crippen LogP contribution in [0.4, 0.5) is 0 Å². The molecule has 0 atom stereocenters. The SMILES string of the molecule is CCC=Cc1nn(Cc2ccccc2)c(=O)n1Cc1ccc(-c2ccccc2-c2nn[nH]n2)cc1. The van der Waals surface area contributed by atoms with Crippen LogP contribution in [0.3, 0.4) is 0 Å². The molecule has 35 heavy (non-hydrogen) atoms. The van der Waals surface area contributed by atoms with Gasteiger partial charge in [-0.1, -0.05) is 91.9 Å². The molecule has 8 heteroatoms. The van der Waals surface area contributed by atoms with E-state index in [0.717, 1.165) is 34.2 Å². The predicted molar refractivity (Wildman–Crippen MR) is 136 cm³/mol. The summed E-state index contributed by atoms with van der Waals surface area (Å²) >= 11 is 0. The number of aromatic amines is 1. The molecule has 0 saturated carbocycles. The minimum absolute atomic E-state index is 0.129. The number of tetrazole rings is 1. The Morgan fingerprint density at radius 2 is 1.57 bits per heavy atom. The van der Waals surface area contributed by atoms with Crippen molar-refractivity contribution >= 4 is 6.08 Å². The fraction of sp³-hybridized carbons (Fsp3) is 0.148. The number of allylic oxidation sites excluding steroid dienone is 1. The van der Waals surface area contributed by atoms with Crippen molar-refractivity contribution in [2.45, 2.75) is 26.4 Å². The maximum Gasteiger partial charge on any atom is 0.346 e. The molecule has 0 saturated heterocycles. The van der Waals surface area contributed by atoms with E-state index in [1.807, 2.05) is 78.9 Å². The zero-order chi connectivity index (χ0) is 24.0. The molecule has 3 aromatic carbocycles. The van der Waals surface area contributed by atoms with Gasteiger partial charge in [-0.25, -0.2) is 9.48 Å². The number of nitrogens with one attached hydrogen (secondary N) is 1. The summed E-state index contributed by atoms with van der Waals surface area (Å²) in [5.74, 6) is 1.20. The van der Waals surface area contributed by atoms with Crippen molar-refractivity contribution in [3.63, 3.8) is 0 Å². The second-order valence-electron chi connectivity index (χ2n) is 8.16. The third-order valence-corrected chi connectivity index (χ3v) is 5.75. The van der Waals surface area contributed by atoms with Crippen LogP contribution >= 0.6 is 0 Å². The third-order valence-electron chi connectivity index (χ3n) is 5.75. The van der Waals surface area contributed by atoms with Crippen molar-refractivity contribution < 1.29 is 0 Å². The number of hydrogen-bond donors (Lipinski definition) is 1. The summed E-state index contributed by atoms with van der Waals surface area (Å²) in [5, 5.41) is 19.0. The molecule has 1 N–H and O–H groups in total. The summed E-state index contributed by atoms with van der Waals surface area (Å²) in [6.07, 6.45) is 4.80. The highest BCUT2D eigenvalue weighted by Crippen LogP contribution is 2.29. The maximum atomic E-state index is 13.2. The summed E-state index contributed by atoms with van der Waals surface area (Å²) < 4.78 is 3.25. The van der Waals surface area contributed by atoms with Crippen LogP contribution in [0.15, 0.2) is 89.7 Å². The molecule has 2 heterocycles. The molecule has 0 fully saturated rings. The lowest BCUT2D eigenvalue weighted by atomic mass is 9.98. The fourth-order valence-corrected chi connectivity index (χ4v) is 3.99. The monoisotopic (exact) mass is 463 g/mol. The highest BCUT2D eigenvalue weighted by atomic mass is 16.2. The highest BCUT2D eigenvalue weighted by molar-refractivity contribution is 5.80. The minimum Gasteiger partial charge on any atom is -0.271 e. The average Bonchev–Trinajstić information content (AvgIpc) is 3.54. The number of hydrogen-bond acceptors (Lipinski definition) is 5. The Kier molecular flexibility index (Phi) is 6.43. The van der Waals surface area contributed by atoms with E-state index >= 15 is 0 Å². The van der Waals surface area contributed by atoms with Gasteiger partial charge in [0.2, 0.25) is 5.82 Å². The quantitative estimate of drug-likeness (QED) is 0.368. The Balaban J connectivity index is 1.44. The van der Waals surface area contributed by atoms with Crippen LogP contribution in [0.2, 0.25) is 0 Å². The fourth-order valence-electron chi connectivity index (χ4n) is 3.99. The summed E-state index contributed by atoms with van der Waals surface area (Å²) in [7, 11) is 0. The zero-order valence-electron chi connectivity index (χ0n) is 19.4. The number of H-pyrrole nitrogens is 1. The molecule has 0 unspecified atom stereocenters. The van der Waals surface area contributed by atoms with Crippen molar-refractivity contribution in [3.8, 4) is 22.5 Å². The molecule has 174 valence electrons. The smallest absolute Gasteiger partial charge is 0.271 e. The largest absolute Gasteiger partial charge is 0.346 e. The Morgan fingerprint density at radius 3 is 2.29 bits per heavy atom. The molecule has 0 radical (unpaired) electrons. The Bertz CT molecular complexity index is 1480. The van der Waals surface area contributed by atoms with Gasteiger partial charge >= 0.3 is 5.69 Å². The average molecular weight is 464 g/mol. The summed E-state index contributed by atoms with van der Waals surface area (Å²) in [6, 6.07) is 26.0. The Morgan fingerprint density at radius 1 is 0.857 bits per heavy atom. The van der Waals surface area contributed by atoms with E-state index in [2.05, 4.69) is 44.8 Å². The van der Waals surface area contributed by atoms with Gasteiger partial charge < -0.3 is 0 Å². The van der Waals surface area contributed by atoms with Gasteiger partial charge in [0.15, 0.2) is 5.82 Å². The topological polar surface area (TPSA) is 94.3 Å². The molecule has 8 nitrogen and oxygen atoms in total. The Hall–Kier alpha value is -4.59. The minimum atomic E-state index is -0.129. The normalized spacial score (nSPS) is 11.3. The van der Waals surface area contributed by atoms with Crippen molar-refractivity contribution in [2.75, 3.05) is 0 Å². The van der Waals surface area contributed by atoms with Crippen LogP contribution in [0, 0.1) is 0 Å². The second-order valence-corrected chi connectivity index (χ2v) is 8.16. The lowest BCUT2D eigenvalue weighted by Crippen LogP contribution is -2.26. The van der Waals surface area contributed by atoms with Crippen LogP contribution in [0.25, 0.3) is 28.6 Å². The maximum absolute atomic E-state index is 13.2. The molecule has 0 amide bonds. The first-order valence-electron chi connectivity index (χ1n) is 11.5. The second kappa shape index (κ2) is 10.1. The first-order chi connectivity index (χ1) is 17.2. The standard InChI is InChI=1S/C27H25N7O/c1-2-3-13-25-30-34(19-20-9-5-4-6-10-20)27(35)33(25)18-21-14-16-22(17-15-21)23-11-7-8-12-24(23)26-28-31-32-29-26/h3-17H,2,18-19H2,1H3,(H,28,29,31,32). The van der Waals surface area contributed by atoms with Crippen molar-refractivity contribution in [3.05, 3.63) is 112 Å². The lowest BCUT2D eigenvalue weighted by Gasteiger charge is -2.09. The molecular weight excluding hydrogens is 438 g/mol. The summed E-state index contributed by atoms with van der Waals surface area (Å²) in [4.78, 5) is 13.2. The van der Waals surface area contributed by atoms with Gasteiger partial charge in [0.1, 0.15) is 0 Å². The van der Waals surface area contributed by atoms with E-state index in [4.69, 9.17) is 0 Å². The first-order valence-corrected chi connectivity index (χ1v) is 11.5. The Labute approximate surface area is 202 Å². The number of benzene rings is 3. The van der Waals surface area contributed by atoms with Gasteiger partial charge in [-0.2, -0.15) is 5.21 Å². The molecule has 0 aliphatic heterocycles. The van der Waals surface area contributed by atoms with Gasteiger partial charge in [0.05, 0.1) is 13.1 Å². The van der Waals surface area contributed by atoms with Crippen LogP contribution in [-0.2, 0) is 13.1 Å². The molecular formula is C27H25N7O. The highest BCUT2D eigenvalue weighted by Gasteiger charge is 2.14. The van der Waals surface area contributed by atoms with Crippen LogP contribution in [-0.4, -0.2) is 35.0 Å².